The summed E-state index contributed by atoms with van der Waals surface area (Å²) in [5, 5.41) is 3.18. The molecule has 1 amide bonds. The smallest absolute Gasteiger partial charge is 0.349 e. The van der Waals surface area contributed by atoms with Crippen molar-refractivity contribution in [3.63, 3.8) is 0 Å². The summed E-state index contributed by atoms with van der Waals surface area (Å²) < 4.78 is 5.11. The summed E-state index contributed by atoms with van der Waals surface area (Å²) in [5.74, 6) is -0.0430. The molecule has 0 spiro atoms. The summed E-state index contributed by atoms with van der Waals surface area (Å²) >= 11 is 0. The van der Waals surface area contributed by atoms with Gasteiger partial charge in [-0.1, -0.05) is 24.3 Å². The molecule has 0 radical (unpaired) electrons. The molecule has 0 saturated heterocycles. The van der Waals surface area contributed by atoms with Crippen LogP contribution in [-0.4, -0.2) is 10.9 Å². The number of nitrogens with one attached hydrogen (secondary N) is 1. The molecule has 3 N–H and O–H groups in total. The first-order valence-corrected chi connectivity index (χ1v) is 6.20. The second-order valence-electron chi connectivity index (χ2n) is 4.39. The number of para-hydroxylation sites is 1. The van der Waals surface area contributed by atoms with Crippen molar-refractivity contribution in [3.8, 4) is 0 Å². The van der Waals surface area contributed by atoms with Crippen LogP contribution in [0.3, 0.4) is 0 Å². The number of carbonyl (C=O) groups is 1. The Bertz CT molecular complexity index is 886. The minimum absolute atomic E-state index is 0.0853. The lowest BCUT2D eigenvalue weighted by Crippen LogP contribution is -2.21. The van der Waals surface area contributed by atoms with Gasteiger partial charge < -0.3 is 15.5 Å². The van der Waals surface area contributed by atoms with Gasteiger partial charge in [0.05, 0.1) is 0 Å². The monoisotopic (exact) mass is 281 g/mol. The van der Waals surface area contributed by atoms with Gasteiger partial charge in [-0.05, 0) is 24.3 Å². The van der Waals surface area contributed by atoms with Crippen molar-refractivity contribution < 1.29 is 9.21 Å². The van der Waals surface area contributed by atoms with Gasteiger partial charge in [0.15, 0.2) is 0 Å². The van der Waals surface area contributed by atoms with Gasteiger partial charge in [0.25, 0.3) is 5.91 Å². The van der Waals surface area contributed by atoms with Crippen LogP contribution < -0.4 is 16.7 Å². The molecule has 0 bridgehead atoms. The lowest BCUT2D eigenvalue weighted by atomic mass is 10.2. The first-order valence-electron chi connectivity index (χ1n) is 6.20. The van der Waals surface area contributed by atoms with E-state index in [1.807, 2.05) is 0 Å². The van der Waals surface area contributed by atoms with Crippen LogP contribution in [0.5, 0.6) is 0 Å². The topological polar surface area (TPSA) is 98.2 Å². The number of benzene rings is 1. The van der Waals surface area contributed by atoms with Crippen molar-refractivity contribution in [1.29, 1.82) is 0 Å². The van der Waals surface area contributed by atoms with E-state index in [2.05, 4.69) is 10.3 Å². The third-order valence-electron chi connectivity index (χ3n) is 2.90. The van der Waals surface area contributed by atoms with E-state index >= 15 is 0 Å². The molecule has 2 heterocycles. The number of carbonyl (C=O) groups excluding carboxylic acids is 1. The molecule has 0 saturated carbocycles. The van der Waals surface area contributed by atoms with E-state index in [0.29, 0.717) is 11.0 Å². The van der Waals surface area contributed by atoms with Crippen molar-refractivity contribution in [2.45, 2.75) is 0 Å². The fourth-order valence-electron chi connectivity index (χ4n) is 1.92. The van der Waals surface area contributed by atoms with Crippen molar-refractivity contribution >= 4 is 28.5 Å². The molecule has 3 aromatic rings. The van der Waals surface area contributed by atoms with Crippen molar-refractivity contribution in [2.24, 2.45) is 0 Å². The molecule has 6 heteroatoms. The molecule has 0 fully saturated rings. The standard InChI is InChI=1S/C15H11N3O3/c16-12-6-3-7-13(17-12)18-14(19)10-8-9-4-1-2-5-11(9)21-15(10)20/h1-8H,(H3,16,17,18,19). The lowest BCUT2D eigenvalue weighted by Gasteiger charge is -2.05. The summed E-state index contributed by atoms with van der Waals surface area (Å²) in [6, 6.07) is 13.3. The highest BCUT2D eigenvalue weighted by Gasteiger charge is 2.14. The number of anilines is 2. The minimum atomic E-state index is -0.699. The highest BCUT2D eigenvalue weighted by atomic mass is 16.4. The van der Waals surface area contributed by atoms with Crippen molar-refractivity contribution in [3.05, 3.63) is 64.5 Å². The third kappa shape index (κ3) is 2.59. The molecule has 2 aromatic heterocycles. The SMILES string of the molecule is Nc1cccc(NC(=O)c2cc3ccccc3oc2=O)n1. The normalized spacial score (nSPS) is 10.5. The molecule has 6 nitrogen and oxygen atoms in total. The Morgan fingerprint density at radius 2 is 1.95 bits per heavy atom. The van der Waals surface area contributed by atoms with Gasteiger partial charge in [0.1, 0.15) is 22.8 Å². The highest BCUT2D eigenvalue weighted by molar-refractivity contribution is 6.05. The molecule has 3 rings (SSSR count). The highest BCUT2D eigenvalue weighted by Crippen LogP contribution is 2.14. The number of amides is 1. The molecular weight excluding hydrogens is 270 g/mol. The van der Waals surface area contributed by atoms with E-state index in [-0.39, 0.29) is 17.2 Å². The summed E-state index contributed by atoms with van der Waals surface area (Å²) in [6.07, 6.45) is 0. The molecule has 21 heavy (non-hydrogen) atoms. The van der Waals surface area contributed by atoms with Crippen LogP contribution in [0, 0.1) is 0 Å². The molecule has 0 unspecified atom stereocenters. The molecule has 0 atom stereocenters. The number of pyridine rings is 1. The zero-order valence-electron chi connectivity index (χ0n) is 10.9. The molecular formula is C15H11N3O3. The molecule has 0 aliphatic heterocycles. The minimum Gasteiger partial charge on any atom is -0.422 e. The van der Waals surface area contributed by atoms with Crippen LogP contribution in [0.2, 0.25) is 0 Å². The largest absolute Gasteiger partial charge is 0.422 e. The van der Waals surface area contributed by atoms with Crippen LogP contribution >= 0.6 is 0 Å². The Hall–Kier alpha value is -3.15. The van der Waals surface area contributed by atoms with Crippen LogP contribution in [0.4, 0.5) is 11.6 Å². The Morgan fingerprint density at radius 3 is 2.76 bits per heavy atom. The number of nitrogens with two attached hydrogens (primary N) is 1. The Balaban J connectivity index is 1.98. The van der Waals surface area contributed by atoms with Crippen molar-refractivity contribution in [2.75, 3.05) is 11.1 Å². The van der Waals surface area contributed by atoms with Crippen molar-refractivity contribution in [1.82, 2.24) is 4.98 Å². The summed E-state index contributed by atoms with van der Waals surface area (Å²) in [7, 11) is 0. The van der Waals surface area contributed by atoms with E-state index in [1.54, 1.807) is 42.5 Å². The summed E-state index contributed by atoms with van der Waals surface area (Å²) in [5.41, 5.74) is 5.18. The van der Waals surface area contributed by atoms with E-state index in [1.165, 1.54) is 6.07 Å². The zero-order valence-corrected chi connectivity index (χ0v) is 10.9. The van der Waals surface area contributed by atoms with Crippen LogP contribution in [0.15, 0.2) is 57.7 Å². The van der Waals surface area contributed by atoms with E-state index in [0.717, 1.165) is 0 Å². The molecule has 0 aliphatic rings. The van der Waals surface area contributed by atoms with Gasteiger partial charge in [0.2, 0.25) is 0 Å². The van der Waals surface area contributed by atoms with Gasteiger partial charge in [0, 0.05) is 5.39 Å². The predicted octanol–water partition coefficient (Wildman–Crippen LogP) is 2.02. The quantitative estimate of drug-likeness (QED) is 0.700. The molecule has 0 aliphatic carbocycles. The molecule has 104 valence electrons. The first kappa shape index (κ1) is 12.9. The Morgan fingerprint density at radius 1 is 1.14 bits per heavy atom. The average molecular weight is 281 g/mol. The number of hydrogen-bond donors (Lipinski definition) is 2. The van der Waals surface area contributed by atoms with E-state index in [4.69, 9.17) is 10.2 Å². The lowest BCUT2D eigenvalue weighted by molar-refractivity contribution is 0.102. The fourth-order valence-corrected chi connectivity index (χ4v) is 1.92. The van der Waals surface area contributed by atoms with Crippen LogP contribution in [0.25, 0.3) is 11.0 Å². The number of aromatic nitrogens is 1. The average Bonchev–Trinajstić information content (AvgIpc) is 2.46. The number of fused-ring (bicyclic) bond motifs is 1. The second-order valence-corrected chi connectivity index (χ2v) is 4.39. The summed E-state index contributed by atoms with van der Waals surface area (Å²) in [6.45, 7) is 0. The Kier molecular flexibility index (Phi) is 3.12. The second kappa shape index (κ2) is 5.09. The predicted molar refractivity (Wildman–Crippen MR) is 79.1 cm³/mol. The van der Waals surface area contributed by atoms with Gasteiger partial charge in [-0.2, -0.15) is 0 Å². The first-order chi connectivity index (χ1) is 10.1. The van der Waals surface area contributed by atoms with Crippen LogP contribution in [0.1, 0.15) is 10.4 Å². The van der Waals surface area contributed by atoms with Crippen LogP contribution in [-0.2, 0) is 0 Å². The number of nitrogen functional groups attached to an aromatic ring is 1. The number of nitrogens with zero attached hydrogens (tertiary/aromatic N) is 1. The molecule has 1 aromatic carbocycles. The van der Waals surface area contributed by atoms with Gasteiger partial charge in [-0.15, -0.1) is 0 Å². The summed E-state index contributed by atoms with van der Waals surface area (Å²) in [4.78, 5) is 27.9. The maximum absolute atomic E-state index is 12.1. The van der Waals surface area contributed by atoms with E-state index in [9.17, 15) is 9.59 Å². The Labute approximate surface area is 119 Å². The fraction of sp³-hybridized carbons (Fsp3) is 0. The maximum atomic E-state index is 12.1. The van der Waals surface area contributed by atoms with Gasteiger partial charge in [-0.25, -0.2) is 9.78 Å². The van der Waals surface area contributed by atoms with E-state index < -0.39 is 11.5 Å². The third-order valence-corrected chi connectivity index (χ3v) is 2.90. The maximum Gasteiger partial charge on any atom is 0.349 e. The zero-order chi connectivity index (χ0) is 14.8. The van der Waals surface area contributed by atoms with Gasteiger partial charge in [-0.3, -0.25) is 4.79 Å². The van der Waals surface area contributed by atoms with Gasteiger partial charge >= 0.3 is 5.63 Å². The number of hydrogen-bond acceptors (Lipinski definition) is 5. The number of rotatable bonds is 2.